The Kier molecular flexibility index (Phi) is 6.10. The third-order valence-electron chi connectivity index (χ3n) is 3.67. The zero-order valence-corrected chi connectivity index (χ0v) is 12.3. The van der Waals surface area contributed by atoms with Crippen LogP contribution in [0.15, 0.2) is 66.7 Å². The zero-order chi connectivity index (χ0) is 14.0. The van der Waals surface area contributed by atoms with Crippen molar-refractivity contribution in [3.05, 3.63) is 77.9 Å². The summed E-state index contributed by atoms with van der Waals surface area (Å²) in [6.07, 6.45) is 9.76. The molecule has 0 nitrogen and oxygen atoms in total. The van der Waals surface area contributed by atoms with Gasteiger partial charge >= 0.3 is 0 Å². The van der Waals surface area contributed by atoms with Gasteiger partial charge in [-0.25, -0.2) is 0 Å². The Bertz CT molecular complexity index is 496. The molecule has 20 heavy (non-hydrogen) atoms. The van der Waals surface area contributed by atoms with E-state index in [0.29, 0.717) is 5.92 Å². The highest BCUT2D eigenvalue weighted by Crippen LogP contribution is 2.24. The van der Waals surface area contributed by atoms with Crippen molar-refractivity contribution in [2.75, 3.05) is 0 Å². The Morgan fingerprint density at radius 3 is 2.15 bits per heavy atom. The minimum atomic E-state index is 0.531. The molecule has 0 heterocycles. The summed E-state index contributed by atoms with van der Waals surface area (Å²) in [6.45, 7) is 2.26. The normalized spacial score (nSPS) is 12.7. The van der Waals surface area contributed by atoms with E-state index >= 15 is 0 Å². The molecule has 2 aromatic rings. The Morgan fingerprint density at radius 1 is 0.850 bits per heavy atom. The number of hydrogen-bond acceptors (Lipinski definition) is 0. The zero-order valence-electron chi connectivity index (χ0n) is 12.3. The third kappa shape index (κ3) is 4.70. The first-order valence-electron chi connectivity index (χ1n) is 7.68. The monoisotopic (exact) mass is 264 g/mol. The highest BCUT2D eigenvalue weighted by Gasteiger charge is 2.06. The van der Waals surface area contributed by atoms with E-state index in [1.807, 2.05) is 0 Å². The molecule has 0 saturated heterocycles. The van der Waals surface area contributed by atoms with Crippen molar-refractivity contribution in [3.63, 3.8) is 0 Å². The number of unbranched alkanes of at least 4 members (excludes halogenated alkanes) is 2. The molecule has 0 bridgehead atoms. The van der Waals surface area contributed by atoms with Gasteiger partial charge in [-0.15, -0.1) is 0 Å². The second-order valence-electron chi connectivity index (χ2n) is 5.28. The summed E-state index contributed by atoms with van der Waals surface area (Å²) >= 11 is 0. The van der Waals surface area contributed by atoms with Crippen LogP contribution in [-0.4, -0.2) is 0 Å². The van der Waals surface area contributed by atoms with Crippen LogP contribution >= 0.6 is 0 Å². The molecular formula is C20H24. The first-order chi connectivity index (χ1) is 9.90. The fourth-order valence-electron chi connectivity index (χ4n) is 2.48. The number of allylic oxidation sites excluding steroid dienone is 1. The van der Waals surface area contributed by atoms with Crippen LogP contribution < -0.4 is 0 Å². The Morgan fingerprint density at radius 2 is 1.50 bits per heavy atom. The predicted molar refractivity (Wildman–Crippen MR) is 88.8 cm³/mol. The van der Waals surface area contributed by atoms with Crippen molar-refractivity contribution in [2.24, 2.45) is 0 Å². The summed E-state index contributed by atoms with van der Waals surface area (Å²) < 4.78 is 0. The smallest absolute Gasteiger partial charge is 0.00213 e. The molecule has 0 aliphatic heterocycles. The lowest BCUT2D eigenvalue weighted by molar-refractivity contribution is 0.629. The molecule has 2 aromatic carbocycles. The quantitative estimate of drug-likeness (QED) is 0.533. The molecule has 0 heteroatoms. The molecule has 0 saturated carbocycles. The molecular weight excluding hydrogens is 240 g/mol. The molecule has 0 aliphatic rings. The molecule has 104 valence electrons. The summed E-state index contributed by atoms with van der Waals surface area (Å²) in [4.78, 5) is 0. The maximum Gasteiger partial charge on any atom is 0.00213 e. The van der Waals surface area contributed by atoms with Crippen LogP contribution in [0.2, 0.25) is 0 Å². The van der Waals surface area contributed by atoms with Crippen molar-refractivity contribution in [3.8, 4) is 0 Å². The minimum Gasteiger partial charge on any atom is -0.0764 e. The van der Waals surface area contributed by atoms with E-state index in [0.717, 1.165) is 0 Å². The molecule has 0 radical (unpaired) electrons. The highest BCUT2D eigenvalue weighted by atomic mass is 14.1. The Labute approximate surface area is 123 Å². The standard InChI is InChI=1S/C20H24/c1-2-3-6-13-20(19-14-9-5-10-15-19)17-16-18-11-7-4-8-12-18/h4-5,7-12,14-17,20H,2-3,6,13H2,1H3/b17-16+/t20-/m1/s1. The summed E-state index contributed by atoms with van der Waals surface area (Å²) in [7, 11) is 0. The van der Waals surface area contributed by atoms with Crippen molar-refractivity contribution >= 4 is 6.08 Å². The Hall–Kier alpha value is -1.82. The van der Waals surface area contributed by atoms with Gasteiger partial charge in [0.1, 0.15) is 0 Å². The molecule has 0 fully saturated rings. The first-order valence-corrected chi connectivity index (χ1v) is 7.68. The predicted octanol–water partition coefficient (Wildman–Crippen LogP) is 6.06. The van der Waals surface area contributed by atoms with Crippen LogP contribution in [-0.2, 0) is 0 Å². The summed E-state index contributed by atoms with van der Waals surface area (Å²) in [5.41, 5.74) is 2.71. The minimum absolute atomic E-state index is 0.531. The summed E-state index contributed by atoms with van der Waals surface area (Å²) in [5.74, 6) is 0.531. The number of rotatable bonds is 7. The van der Waals surface area contributed by atoms with E-state index in [2.05, 4.69) is 79.7 Å². The molecule has 2 rings (SSSR count). The maximum absolute atomic E-state index is 2.36. The fourth-order valence-corrected chi connectivity index (χ4v) is 2.48. The van der Waals surface area contributed by atoms with E-state index in [9.17, 15) is 0 Å². The molecule has 0 spiro atoms. The molecule has 0 aliphatic carbocycles. The summed E-state index contributed by atoms with van der Waals surface area (Å²) in [6, 6.07) is 21.4. The van der Waals surface area contributed by atoms with Crippen LogP contribution in [0.4, 0.5) is 0 Å². The third-order valence-corrected chi connectivity index (χ3v) is 3.67. The average Bonchev–Trinajstić information content (AvgIpc) is 2.52. The topological polar surface area (TPSA) is 0 Å². The first kappa shape index (κ1) is 14.6. The van der Waals surface area contributed by atoms with Crippen LogP contribution in [0, 0.1) is 0 Å². The second kappa shape index (κ2) is 8.37. The fraction of sp³-hybridized carbons (Fsp3) is 0.300. The van der Waals surface area contributed by atoms with Gasteiger partial charge in [-0.3, -0.25) is 0 Å². The number of benzene rings is 2. The van der Waals surface area contributed by atoms with Crippen molar-refractivity contribution in [2.45, 2.75) is 38.5 Å². The lowest BCUT2D eigenvalue weighted by Gasteiger charge is -2.13. The maximum atomic E-state index is 2.36. The van der Waals surface area contributed by atoms with Gasteiger partial charge in [-0.1, -0.05) is 99.0 Å². The molecule has 0 N–H and O–H groups in total. The van der Waals surface area contributed by atoms with E-state index in [1.54, 1.807) is 0 Å². The van der Waals surface area contributed by atoms with Gasteiger partial charge in [-0.05, 0) is 17.5 Å². The van der Waals surface area contributed by atoms with Crippen molar-refractivity contribution in [1.82, 2.24) is 0 Å². The van der Waals surface area contributed by atoms with E-state index < -0.39 is 0 Å². The second-order valence-corrected chi connectivity index (χ2v) is 5.28. The van der Waals surface area contributed by atoms with E-state index in [1.165, 1.54) is 36.8 Å². The van der Waals surface area contributed by atoms with Crippen LogP contribution in [0.25, 0.3) is 6.08 Å². The molecule has 0 aromatic heterocycles. The number of hydrogen-bond donors (Lipinski definition) is 0. The molecule has 0 amide bonds. The SMILES string of the molecule is CCCCC[C@H](/C=C/c1ccccc1)c1ccccc1. The van der Waals surface area contributed by atoms with Crippen molar-refractivity contribution in [1.29, 1.82) is 0 Å². The lowest BCUT2D eigenvalue weighted by Crippen LogP contribution is -1.95. The summed E-state index contributed by atoms with van der Waals surface area (Å²) in [5, 5.41) is 0. The van der Waals surface area contributed by atoms with Crippen LogP contribution in [0.3, 0.4) is 0 Å². The van der Waals surface area contributed by atoms with Crippen LogP contribution in [0.1, 0.15) is 49.7 Å². The van der Waals surface area contributed by atoms with Gasteiger partial charge < -0.3 is 0 Å². The van der Waals surface area contributed by atoms with E-state index in [4.69, 9.17) is 0 Å². The van der Waals surface area contributed by atoms with Gasteiger partial charge in [0.2, 0.25) is 0 Å². The largest absolute Gasteiger partial charge is 0.0764 e. The average molecular weight is 264 g/mol. The van der Waals surface area contributed by atoms with Gasteiger partial charge in [0.25, 0.3) is 0 Å². The van der Waals surface area contributed by atoms with Gasteiger partial charge in [-0.2, -0.15) is 0 Å². The van der Waals surface area contributed by atoms with Gasteiger partial charge in [0.15, 0.2) is 0 Å². The Balaban J connectivity index is 2.08. The lowest BCUT2D eigenvalue weighted by atomic mass is 9.92. The van der Waals surface area contributed by atoms with Gasteiger partial charge in [0.05, 0.1) is 0 Å². The van der Waals surface area contributed by atoms with Gasteiger partial charge in [0, 0.05) is 5.92 Å². The van der Waals surface area contributed by atoms with Crippen molar-refractivity contribution < 1.29 is 0 Å². The van der Waals surface area contributed by atoms with E-state index in [-0.39, 0.29) is 0 Å². The van der Waals surface area contributed by atoms with Crippen LogP contribution in [0.5, 0.6) is 0 Å². The molecule has 1 atom stereocenters. The highest BCUT2D eigenvalue weighted by molar-refractivity contribution is 5.50. The molecule has 0 unspecified atom stereocenters.